The van der Waals surface area contributed by atoms with Gasteiger partial charge in [0.15, 0.2) is 5.78 Å². The van der Waals surface area contributed by atoms with E-state index in [2.05, 4.69) is 15.9 Å². The lowest BCUT2D eigenvalue weighted by Gasteiger charge is -2.01. The lowest BCUT2D eigenvalue weighted by atomic mass is 10.1. The lowest BCUT2D eigenvalue weighted by Crippen LogP contribution is -2.01. The Kier molecular flexibility index (Phi) is 3.59. The van der Waals surface area contributed by atoms with Crippen LogP contribution in [-0.4, -0.2) is 10.7 Å². The van der Waals surface area contributed by atoms with Crippen LogP contribution in [0.25, 0.3) is 0 Å². The molecule has 0 fully saturated rings. The highest BCUT2D eigenvalue weighted by Gasteiger charge is 2.19. The SMILES string of the molecule is CC(=O)c1cc(I)c(Br)cc1[N+](=O)[O-]. The van der Waals surface area contributed by atoms with Crippen molar-refractivity contribution in [2.45, 2.75) is 6.92 Å². The fourth-order valence-electron chi connectivity index (χ4n) is 0.969. The third-order valence-electron chi connectivity index (χ3n) is 1.61. The summed E-state index contributed by atoms with van der Waals surface area (Å²) in [5, 5.41) is 10.6. The minimum absolute atomic E-state index is 0.141. The molecular weight excluding hydrogens is 365 g/mol. The van der Waals surface area contributed by atoms with E-state index in [9.17, 15) is 14.9 Å². The molecule has 0 bridgehead atoms. The Morgan fingerprint density at radius 2 is 2.14 bits per heavy atom. The molecule has 0 spiro atoms. The second-order valence-electron chi connectivity index (χ2n) is 2.60. The zero-order chi connectivity index (χ0) is 10.9. The minimum Gasteiger partial charge on any atom is -0.294 e. The summed E-state index contributed by atoms with van der Waals surface area (Å²) in [6.45, 7) is 1.31. The molecule has 0 saturated heterocycles. The second kappa shape index (κ2) is 4.35. The summed E-state index contributed by atoms with van der Waals surface area (Å²) in [5.74, 6) is -0.304. The number of rotatable bonds is 2. The van der Waals surface area contributed by atoms with Crippen LogP contribution < -0.4 is 0 Å². The molecule has 0 aromatic heterocycles. The molecule has 0 atom stereocenters. The van der Waals surface area contributed by atoms with Gasteiger partial charge in [-0.1, -0.05) is 0 Å². The molecular formula is C8H5BrINO3. The Hall–Kier alpha value is -0.500. The number of carbonyl (C=O) groups is 1. The average Bonchev–Trinajstić information content (AvgIpc) is 2.08. The maximum atomic E-state index is 11.1. The Bertz CT molecular complexity index is 380. The van der Waals surface area contributed by atoms with Gasteiger partial charge in [-0.3, -0.25) is 14.9 Å². The van der Waals surface area contributed by atoms with Crippen molar-refractivity contribution in [3.8, 4) is 0 Å². The van der Waals surface area contributed by atoms with Gasteiger partial charge in [-0.2, -0.15) is 0 Å². The van der Waals surface area contributed by atoms with E-state index in [1.807, 2.05) is 22.6 Å². The van der Waals surface area contributed by atoms with Gasteiger partial charge in [-0.25, -0.2) is 0 Å². The molecule has 1 aromatic rings. The van der Waals surface area contributed by atoms with E-state index in [-0.39, 0.29) is 17.0 Å². The van der Waals surface area contributed by atoms with Crippen molar-refractivity contribution >= 4 is 50.0 Å². The van der Waals surface area contributed by atoms with E-state index in [1.54, 1.807) is 0 Å². The predicted molar refractivity (Wildman–Crippen MR) is 63.5 cm³/mol. The number of nitrogens with zero attached hydrogens (tertiary/aromatic N) is 1. The molecule has 74 valence electrons. The first-order chi connectivity index (χ1) is 6.43. The normalized spacial score (nSPS) is 9.93. The average molecular weight is 370 g/mol. The molecule has 0 aliphatic rings. The summed E-state index contributed by atoms with van der Waals surface area (Å²) in [4.78, 5) is 21.2. The third kappa shape index (κ3) is 2.30. The highest BCUT2D eigenvalue weighted by Crippen LogP contribution is 2.28. The zero-order valence-corrected chi connectivity index (χ0v) is 10.8. The molecule has 1 rings (SSSR count). The van der Waals surface area contributed by atoms with Crippen LogP contribution in [0, 0.1) is 13.7 Å². The van der Waals surface area contributed by atoms with E-state index in [1.165, 1.54) is 19.1 Å². The molecule has 4 nitrogen and oxygen atoms in total. The molecule has 0 heterocycles. The number of ketones is 1. The van der Waals surface area contributed by atoms with Crippen molar-refractivity contribution < 1.29 is 9.72 Å². The van der Waals surface area contributed by atoms with Gasteiger partial charge < -0.3 is 0 Å². The summed E-state index contributed by atoms with van der Waals surface area (Å²) < 4.78 is 1.40. The van der Waals surface area contributed by atoms with Crippen molar-refractivity contribution in [3.63, 3.8) is 0 Å². The quantitative estimate of drug-likeness (QED) is 0.348. The van der Waals surface area contributed by atoms with Crippen LogP contribution in [-0.2, 0) is 0 Å². The van der Waals surface area contributed by atoms with Crippen LogP contribution in [0.15, 0.2) is 16.6 Å². The van der Waals surface area contributed by atoms with Crippen molar-refractivity contribution in [2.75, 3.05) is 0 Å². The van der Waals surface area contributed by atoms with Crippen LogP contribution in [0.5, 0.6) is 0 Å². The Morgan fingerprint density at radius 3 is 2.57 bits per heavy atom. The lowest BCUT2D eigenvalue weighted by molar-refractivity contribution is -0.385. The number of benzene rings is 1. The smallest absolute Gasteiger partial charge is 0.281 e. The fourth-order valence-corrected chi connectivity index (χ4v) is 1.77. The summed E-state index contributed by atoms with van der Waals surface area (Å²) in [7, 11) is 0. The number of nitro groups is 1. The van der Waals surface area contributed by atoms with E-state index in [0.717, 1.165) is 3.57 Å². The number of Topliss-reactive ketones (excluding diaryl/α,β-unsaturated/α-hetero) is 1. The van der Waals surface area contributed by atoms with Crippen molar-refractivity contribution in [2.24, 2.45) is 0 Å². The Morgan fingerprint density at radius 1 is 1.57 bits per heavy atom. The van der Waals surface area contributed by atoms with E-state index in [0.29, 0.717) is 4.47 Å². The number of hydrogen-bond donors (Lipinski definition) is 0. The zero-order valence-electron chi connectivity index (χ0n) is 7.08. The highest BCUT2D eigenvalue weighted by atomic mass is 127. The van der Waals surface area contributed by atoms with Gasteiger partial charge in [0.1, 0.15) is 0 Å². The van der Waals surface area contributed by atoms with Gasteiger partial charge >= 0.3 is 0 Å². The molecule has 0 unspecified atom stereocenters. The van der Waals surface area contributed by atoms with E-state index in [4.69, 9.17) is 0 Å². The standard InChI is InChI=1S/C8H5BrINO3/c1-4(12)5-2-7(10)6(9)3-8(5)11(13)14/h2-3H,1H3. The largest absolute Gasteiger partial charge is 0.294 e. The van der Waals surface area contributed by atoms with Gasteiger partial charge in [-0.05, 0) is 51.5 Å². The van der Waals surface area contributed by atoms with Gasteiger partial charge in [0.2, 0.25) is 0 Å². The summed E-state index contributed by atoms with van der Waals surface area (Å²) >= 11 is 5.18. The van der Waals surface area contributed by atoms with Crippen LogP contribution in [0.3, 0.4) is 0 Å². The van der Waals surface area contributed by atoms with Crippen molar-refractivity contribution in [1.82, 2.24) is 0 Å². The molecule has 0 amide bonds. The first-order valence-corrected chi connectivity index (χ1v) is 5.45. The number of nitro benzene ring substituents is 1. The van der Waals surface area contributed by atoms with Gasteiger partial charge in [0.05, 0.1) is 10.5 Å². The molecule has 6 heteroatoms. The van der Waals surface area contributed by atoms with Gasteiger partial charge in [-0.15, -0.1) is 0 Å². The van der Waals surface area contributed by atoms with Crippen LogP contribution in [0.1, 0.15) is 17.3 Å². The van der Waals surface area contributed by atoms with Gasteiger partial charge in [0.25, 0.3) is 5.69 Å². The molecule has 0 saturated carbocycles. The molecule has 0 aliphatic carbocycles. The first kappa shape index (κ1) is 11.6. The monoisotopic (exact) mass is 369 g/mol. The van der Waals surface area contributed by atoms with Gasteiger partial charge in [0, 0.05) is 14.1 Å². The Balaban J connectivity index is 3.46. The molecule has 0 radical (unpaired) electrons. The number of halogens is 2. The maximum Gasteiger partial charge on any atom is 0.281 e. The van der Waals surface area contributed by atoms with E-state index < -0.39 is 4.92 Å². The maximum absolute atomic E-state index is 11.1. The van der Waals surface area contributed by atoms with Crippen LogP contribution in [0.4, 0.5) is 5.69 Å². The molecule has 0 N–H and O–H groups in total. The highest BCUT2D eigenvalue weighted by molar-refractivity contribution is 14.1. The molecule has 0 aliphatic heterocycles. The summed E-state index contributed by atoms with van der Waals surface area (Å²) in [6.07, 6.45) is 0. The number of hydrogen-bond acceptors (Lipinski definition) is 3. The fraction of sp³-hybridized carbons (Fsp3) is 0.125. The van der Waals surface area contributed by atoms with E-state index >= 15 is 0 Å². The van der Waals surface area contributed by atoms with Crippen molar-refractivity contribution in [1.29, 1.82) is 0 Å². The minimum atomic E-state index is -0.558. The summed E-state index contributed by atoms with van der Waals surface area (Å²) in [5.41, 5.74) is -0.0209. The topological polar surface area (TPSA) is 60.2 Å². The van der Waals surface area contributed by atoms with Crippen LogP contribution >= 0.6 is 38.5 Å². The number of carbonyl (C=O) groups excluding carboxylic acids is 1. The summed E-state index contributed by atoms with van der Waals surface area (Å²) in [6, 6.07) is 2.85. The molecule has 14 heavy (non-hydrogen) atoms. The predicted octanol–water partition coefficient (Wildman–Crippen LogP) is 3.16. The van der Waals surface area contributed by atoms with Crippen LogP contribution in [0.2, 0.25) is 0 Å². The van der Waals surface area contributed by atoms with Crippen molar-refractivity contribution in [3.05, 3.63) is 35.9 Å². The Labute approximate surface area is 102 Å². The first-order valence-electron chi connectivity index (χ1n) is 3.58. The molecule has 1 aromatic carbocycles. The second-order valence-corrected chi connectivity index (χ2v) is 4.61. The third-order valence-corrected chi connectivity index (χ3v) is 3.90.